The molecule has 0 bridgehead atoms. The van der Waals surface area contributed by atoms with Crippen LogP contribution in [0.3, 0.4) is 0 Å². The number of alkyl halides is 2. The maximum atomic E-state index is 13.5. The van der Waals surface area contributed by atoms with E-state index in [0.29, 0.717) is 49.7 Å². The molecule has 2 aliphatic heterocycles. The molecule has 1 aromatic carbocycles. The molecule has 2 aromatic heterocycles. The molecule has 35 heavy (non-hydrogen) atoms. The van der Waals surface area contributed by atoms with Gasteiger partial charge in [0.15, 0.2) is 11.5 Å². The van der Waals surface area contributed by atoms with E-state index in [0.717, 1.165) is 18.0 Å². The lowest BCUT2D eigenvalue weighted by atomic mass is 9.99. The van der Waals surface area contributed by atoms with Crippen LogP contribution in [-0.2, 0) is 6.42 Å². The number of amides is 1. The fourth-order valence-corrected chi connectivity index (χ4v) is 4.57. The number of carbonyl (C=O) groups excluding carboxylic acids is 1. The first-order valence-corrected chi connectivity index (χ1v) is 11.3. The Balaban J connectivity index is 1.45. The Morgan fingerprint density at radius 3 is 2.74 bits per heavy atom. The number of aromatic nitrogens is 3. The minimum atomic E-state index is -2.39. The number of carbonyl (C=O) groups is 1. The predicted octanol–water partition coefficient (Wildman–Crippen LogP) is 2.19. The quantitative estimate of drug-likeness (QED) is 0.547. The van der Waals surface area contributed by atoms with E-state index in [9.17, 15) is 23.1 Å². The van der Waals surface area contributed by atoms with Gasteiger partial charge in [0.25, 0.3) is 12.3 Å². The highest BCUT2D eigenvalue weighted by atomic mass is 19.3. The summed E-state index contributed by atoms with van der Waals surface area (Å²) >= 11 is 0. The number of rotatable bonds is 6. The van der Waals surface area contributed by atoms with E-state index in [2.05, 4.69) is 15.4 Å². The van der Waals surface area contributed by atoms with Crippen LogP contribution < -0.4 is 15.0 Å². The van der Waals surface area contributed by atoms with Crippen LogP contribution in [0.15, 0.2) is 30.7 Å². The van der Waals surface area contributed by atoms with Crippen LogP contribution in [0.2, 0.25) is 0 Å². The molecule has 9 nitrogen and oxygen atoms in total. The van der Waals surface area contributed by atoms with Gasteiger partial charge in [-0.3, -0.25) is 9.69 Å². The molecule has 2 N–H and O–H groups in total. The molecule has 2 aliphatic rings. The minimum absolute atomic E-state index is 0.171. The number of aliphatic hydroxyl groups is 1. The Labute approximate surface area is 199 Å². The van der Waals surface area contributed by atoms with Crippen molar-refractivity contribution in [3.8, 4) is 5.75 Å². The average molecular weight is 490 g/mol. The van der Waals surface area contributed by atoms with Gasteiger partial charge >= 0.3 is 0 Å². The van der Waals surface area contributed by atoms with Gasteiger partial charge in [0.2, 0.25) is 0 Å². The van der Waals surface area contributed by atoms with Crippen LogP contribution in [0.1, 0.15) is 22.8 Å². The molecule has 1 atom stereocenters. The summed E-state index contributed by atoms with van der Waals surface area (Å²) in [6, 6.07) is 3.63. The van der Waals surface area contributed by atoms with E-state index < -0.39 is 23.8 Å². The van der Waals surface area contributed by atoms with Gasteiger partial charge < -0.3 is 20.1 Å². The van der Waals surface area contributed by atoms with Crippen molar-refractivity contribution < 1.29 is 27.8 Å². The number of hydrogen-bond acceptors (Lipinski definition) is 7. The van der Waals surface area contributed by atoms with Crippen molar-refractivity contribution in [3.05, 3.63) is 47.7 Å². The monoisotopic (exact) mass is 490 g/mol. The standard InChI is InChI=1S/C23H25F3N6O3/c1-23(13-33)8-14-6-17(29-22(34)16-10-28-32-11-15(24)9-27-21(16)32)18(7-19(14)35-23)31-4-2-30(3-5-31)12-20(25)26/h6-7,9-11,20,33H,2-5,8,12-13H2,1H3,(H,29,34)/t23-/m0/s1. The summed E-state index contributed by atoms with van der Waals surface area (Å²) in [5.74, 6) is -0.440. The van der Waals surface area contributed by atoms with Gasteiger partial charge in [0, 0.05) is 44.2 Å². The topological polar surface area (TPSA) is 95.2 Å². The second kappa shape index (κ2) is 9.00. The van der Waals surface area contributed by atoms with E-state index in [1.165, 1.54) is 10.7 Å². The van der Waals surface area contributed by atoms with Gasteiger partial charge in [0.1, 0.15) is 16.9 Å². The van der Waals surface area contributed by atoms with Crippen molar-refractivity contribution >= 4 is 22.9 Å². The lowest BCUT2D eigenvalue weighted by Crippen LogP contribution is -2.48. The van der Waals surface area contributed by atoms with E-state index in [-0.39, 0.29) is 24.4 Å². The number of piperazine rings is 1. The Hall–Kier alpha value is -3.38. The molecular weight excluding hydrogens is 465 g/mol. The highest BCUT2D eigenvalue weighted by molar-refractivity contribution is 6.09. The zero-order chi connectivity index (χ0) is 24.7. The summed E-state index contributed by atoms with van der Waals surface area (Å²) in [5.41, 5.74) is 1.65. The maximum Gasteiger partial charge on any atom is 0.261 e. The Morgan fingerprint density at radius 1 is 1.26 bits per heavy atom. The summed E-state index contributed by atoms with van der Waals surface area (Å²) in [6.45, 7) is 3.24. The molecule has 0 aliphatic carbocycles. The number of halogens is 3. The molecule has 1 fully saturated rings. The number of anilines is 2. The molecule has 0 spiro atoms. The SMILES string of the molecule is C[C@@]1(CO)Cc2cc(NC(=O)c3cnn4cc(F)cnc34)c(N3CCN(CC(F)F)CC3)cc2O1. The molecule has 0 saturated carbocycles. The van der Waals surface area contributed by atoms with Gasteiger partial charge in [-0.1, -0.05) is 0 Å². The molecule has 3 aromatic rings. The summed E-state index contributed by atoms with van der Waals surface area (Å²) in [6.07, 6.45) is 1.53. The fraction of sp³-hybridized carbons (Fsp3) is 0.435. The van der Waals surface area contributed by atoms with Crippen LogP contribution >= 0.6 is 0 Å². The normalized spacial score (nSPS) is 20.3. The summed E-state index contributed by atoms with van der Waals surface area (Å²) in [4.78, 5) is 20.9. The lowest BCUT2D eigenvalue weighted by molar-refractivity contribution is 0.0447. The Kier molecular flexibility index (Phi) is 6.01. The van der Waals surface area contributed by atoms with Gasteiger partial charge in [-0.05, 0) is 13.0 Å². The van der Waals surface area contributed by atoms with Crippen LogP contribution in [0.4, 0.5) is 24.5 Å². The van der Waals surface area contributed by atoms with Crippen LogP contribution in [0.5, 0.6) is 5.75 Å². The number of nitrogens with zero attached hydrogens (tertiary/aromatic N) is 5. The molecule has 1 saturated heterocycles. The number of nitrogens with one attached hydrogen (secondary N) is 1. The minimum Gasteiger partial charge on any atom is -0.484 e. The van der Waals surface area contributed by atoms with Gasteiger partial charge in [0.05, 0.1) is 43.1 Å². The second-order valence-electron chi connectivity index (χ2n) is 9.10. The number of hydrogen-bond donors (Lipinski definition) is 2. The van der Waals surface area contributed by atoms with Crippen molar-refractivity contribution in [2.24, 2.45) is 0 Å². The Bertz CT molecular complexity index is 1260. The molecule has 12 heteroatoms. The fourth-order valence-electron chi connectivity index (χ4n) is 4.57. The molecular formula is C23H25F3N6O3. The van der Waals surface area contributed by atoms with E-state index in [1.807, 2.05) is 17.0 Å². The smallest absolute Gasteiger partial charge is 0.261 e. The molecule has 0 radical (unpaired) electrons. The van der Waals surface area contributed by atoms with Gasteiger partial charge in [-0.25, -0.2) is 22.7 Å². The predicted molar refractivity (Wildman–Crippen MR) is 122 cm³/mol. The van der Waals surface area contributed by atoms with E-state index >= 15 is 0 Å². The number of ether oxygens (including phenoxy) is 1. The maximum absolute atomic E-state index is 13.5. The molecule has 186 valence electrons. The largest absolute Gasteiger partial charge is 0.484 e. The summed E-state index contributed by atoms with van der Waals surface area (Å²) in [5, 5.41) is 16.7. The third kappa shape index (κ3) is 4.63. The summed E-state index contributed by atoms with van der Waals surface area (Å²) in [7, 11) is 0. The van der Waals surface area contributed by atoms with E-state index in [4.69, 9.17) is 4.74 Å². The van der Waals surface area contributed by atoms with Crippen molar-refractivity contribution in [2.45, 2.75) is 25.4 Å². The average Bonchev–Trinajstić information content (AvgIpc) is 3.38. The molecule has 5 rings (SSSR count). The van der Waals surface area contributed by atoms with Crippen molar-refractivity contribution in [2.75, 3.05) is 49.5 Å². The second-order valence-corrected chi connectivity index (χ2v) is 9.10. The number of benzene rings is 1. The van der Waals surface area contributed by atoms with Crippen LogP contribution in [0.25, 0.3) is 5.65 Å². The highest BCUT2D eigenvalue weighted by Gasteiger charge is 2.36. The molecule has 4 heterocycles. The first kappa shape index (κ1) is 23.4. The van der Waals surface area contributed by atoms with E-state index in [1.54, 1.807) is 11.8 Å². The number of fused-ring (bicyclic) bond motifs is 2. The molecule has 1 amide bonds. The van der Waals surface area contributed by atoms with Crippen molar-refractivity contribution in [3.63, 3.8) is 0 Å². The number of aliphatic hydroxyl groups excluding tert-OH is 1. The summed E-state index contributed by atoms with van der Waals surface area (Å²) < 4.78 is 46.2. The third-order valence-corrected chi connectivity index (χ3v) is 6.36. The zero-order valence-electron chi connectivity index (χ0n) is 19.0. The van der Waals surface area contributed by atoms with Crippen molar-refractivity contribution in [1.82, 2.24) is 19.5 Å². The third-order valence-electron chi connectivity index (χ3n) is 6.36. The van der Waals surface area contributed by atoms with Crippen LogP contribution in [0, 0.1) is 5.82 Å². The molecule has 0 unspecified atom stereocenters. The highest BCUT2D eigenvalue weighted by Crippen LogP contribution is 2.42. The first-order chi connectivity index (χ1) is 16.7. The zero-order valence-corrected chi connectivity index (χ0v) is 19.0. The van der Waals surface area contributed by atoms with Crippen molar-refractivity contribution in [1.29, 1.82) is 0 Å². The van der Waals surface area contributed by atoms with Gasteiger partial charge in [-0.2, -0.15) is 5.10 Å². The Morgan fingerprint density at radius 2 is 2.03 bits per heavy atom. The first-order valence-electron chi connectivity index (χ1n) is 11.3. The van der Waals surface area contributed by atoms with Crippen LogP contribution in [-0.4, -0.2) is 81.9 Å². The lowest BCUT2D eigenvalue weighted by Gasteiger charge is -2.37. The van der Waals surface area contributed by atoms with Gasteiger partial charge in [-0.15, -0.1) is 0 Å².